The minimum atomic E-state index is 0.274. The largest absolute Gasteiger partial charge is 0.380 e. The maximum absolute atomic E-state index is 5.54. The summed E-state index contributed by atoms with van der Waals surface area (Å²) in [6, 6.07) is 0.671. The van der Waals surface area contributed by atoms with E-state index in [9.17, 15) is 0 Å². The zero-order valence-corrected chi connectivity index (χ0v) is 9.38. The molecular formula is C11H22N2O. The van der Waals surface area contributed by atoms with Crippen LogP contribution in [-0.4, -0.2) is 49.3 Å². The molecule has 0 amide bonds. The van der Waals surface area contributed by atoms with Gasteiger partial charge in [0.15, 0.2) is 0 Å². The van der Waals surface area contributed by atoms with Crippen molar-refractivity contribution >= 4 is 0 Å². The minimum absolute atomic E-state index is 0.274. The second kappa shape index (κ2) is 4.17. The second-order valence-electron chi connectivity index (χ2n) is 5.15. The summed E-state index contributed by atoms with van der Waals surface area (Å²) in [5.74, 6) is 0. The maximum Gasteiger partial charge on any atom is 0.0621 e. The van der Waals surface area contributed by atoms with Gasteiger partial charge in [-0.25, -0.2) is 0 Å². The van der Waals surface area contributed by atoms with Gasteiger partial charge >= 0.3 is 0 Å². The van der Waals surface area contributed by atoms with Crippen molar-refractivity contribution in [3.63, 3.8) is 0 Å². The molecule has 2 aliphatic heterocycles. The quantitative estimate of drug-likeness (QED) is 0.676. The zero-order valence-electron chi connectivity index (χ0n) is 9.38. The molecule has 0 saturated carbocycles. The summed E-state index contributed by atoms with van der Waals surface area (Å²) in [6.07, 6.45) is 2.55. The number of hydrogen-bond donors (Lipinski definition) is 1. The van der Waals surface area contributed by atoms with E-state index in [-0.39, 0.29) is 5.54 Å². The smallest absolute Gasteiger partial charge is 0.0621 e. The van der Waals surface area contributed by atoms with Gasteiger partial charge in [0.25, 0.3) is 0 Å². The van der Waals surface area contributed by atoms with Gasteiger partial charge in [0.1, 0.15) is 0 Å². The van der Waals surface area contributed by atoms with E-state index in [2.05, 4.69) is 24.1 Å². The number of hydrogen-bond acceptors (Lipinski definition) is 3. The first-order valence-electron chi connectivity index (χ1n) is 5.74. The third kappa shape index (κ3) is 2.47. The van der Waals surface area contributed by atoms with Crippen molar-refractivity contribution in [3.8, 4) is 0 Å². The van der Waals surface area contributed by atoms with Gasteiger partial charge in [-0.1, -0.05) is 0 Å². The van der Waals surface area contributed by atoms with Crippen LogP contribution >= 0.6 is 0 Å². The van der Waals surface area contributed by atoms with Crippen molar-refractivity contribution < 1.29 is 4.74 Å². The number of rotatable bonds is 1. The minimum Gasteiger partial charge on any atom is -0.380 e. The number of nitrogens with one attached hydrogen (secondary N) is 1. The normalized spacial score (nSPS) is 34.3. The first-order chi connectivity index (χ1) is 6.67. The fourth-order valence-electron chi connectivity index (χ4n) is 2.50. The highest BCUT2D eigenvalue weighted by Crippen LogP contribution is 2.18. The summed E-state index contributed by atoms with van der Waals surface area (Å²) in [6.45, 7) is 9.91. The van der Waals surface area contributed by atoms with E-state index < -0.39 is 0 Å². The van der Waals surface area contributed by atoms with Crippen molar-refractivity contribution in [2.45, 2.75) is 38.3 Å². The Bertz CT molecular complexity index is 188. The first kappa shape index (κ1) is 10.4. The van der Waals surface area contributed by atoms with Crippen LogP contribution in [0.15, 0.2) is 0 Å². The summed E-state index contributed by atoms with van der Waals surface area (Å²) >= 11 is 0. The van der Waals surface area contributed by atoms with Crippen LogP contribution in [0.2, 0.25) is 0 Å². The molecular weight excluding hydrogens is 176 g/mol. The molecule has 3 nitrogen and oxygen atoms in total. The molecule has 2 rings (SSSR count). The molecule has 0 radical (unpaired) electrons. The van der Waals surface area contributed by atoms with Crippen molar-refractivity contribution in [1.82, 2.24) is 10.2 Å². The maximum atomic E-state index is 5.54. The Kier molecular flexibility index (Phi) is 3.10. The molecule has 3 heteroatoms. The topological polar surface area (TPSA) is 24.5 Å². The Morgan fingerprint density at radius 3 is 2.93 bits per heavy atom. The molecule has 1 atom stereocenters. The fraction of sp³-hybridized carbons (Fsp3) is 1.00. The molecule has 82 valence electrons. The standard InChI is InChI=1S/C11H22N2O/c1-11(2)9-13(6-5-12-11)10-4-3-7-14-8-10/h10,12H,3-9H2,1-2H3. The molecule has 1 unspecified atom stereocenters. The average molecular weight is 198 g/mol. The number of piperazine rings is 1. The molecule has 2 heterocycles. The van der Waals surface area contributed by atoms with Crippen molar-refractivity contribution in [1.29, 1.82) is 0 Å². The SMILES string of the molecule is CC1(C)CN(C2CCCOC2)CCN1. The number of ether oxygens (including phenoxy) is 1. The Morgan fingerprint density at radius 2 is 2.29 bits per heavy atom. The molecule has 0 spiro atoms. The van der Waals surface area contributed by atoms with Crippen LogP contribution in [0.3, 0.4) is 0 Å². The fourth-order valence-corrected chi connectivity index (χ4v) is 2.50. The van der Waals surface area contributed by atoms with Gasteiger partial charge in [-0.05, 0) is 26.7 Å². The van der Waals surface area contributed by atoms with Crippen LogP contribution < -0.4 is 5.32 Å². The van der Waals surface area contributed by atoms with E-state index in [1.54, 1.807) is 0 Å². The van der Waals surface area contributed by atoms with Gasteiger partial charge in [-0.2, -0.15) is 0 Å². The lowest BCUT2D eigenvalue weighted by atomic mass is 9.99. The summed E-state index contributed by atoms with van der Waals surface area (Å²) in [4.78, 5) is 2.59. The first-order valence-corrected chi connectivity index (χ1v) is 5.74. The van der Waals surface area contributed by atoms with E-state index in [4.69, 9.17) is 4.74 Å². The second-order valence-corrected chi connectivity index (χ2v) is 5.15. The Hall–Kier alpha value is -0.120. The van der Waals surface area contributed by atoms with Crippen molar-refractivity contribution in [2.24, 2.45) is 0 Å². The van der Waals surface area contributed by atoms with Gasteiger partial charge in [0, 0.05) is 37.8 Å². The molecule has 1 N–H and O–H groups in total. The monoisotopic (exact) mass is 198 g/mol. The van der Waals surface area contributed by atoms with E-state index in [0.717, 1.165) is 26.3 Å². The molecule has 0 bridgehead atoms. The lowest BCUT2D eigenvalue weighted by Crippen LogP contribution is -2.60. The molecule has 2 aliphatic rings. The molecule has 2 saturated heterocycles. The van der Waals surface area contributed by atoms with Crippen LogP contribution in [0.4, 0.5) is 0 Å². The van der Waals surface area contributed by atoms with Crippen LogP contribution in [0, 0.1) is 0 Å². The highest BCUT2D eigenvalue weighted by Gasteiger charge is 2.30. The third-order valence-corrected chi connectivity index (χ3v) is 3.25. The molecule has 2 fully saturated rings. The predicted octanol–water partition coefficient (Wildman–Crippen LogP) is 0.849. The molecule has 0 aliphatic carbocycles. The van der Waals surface area contributed by atoms with Crippen LogP contribution in [-0.2, 0) is 4.74 Å². The van der Waals surface area contributed by atoms with E-state index >= 15 is 0 Å². The van der Waals surface area contributed by atoms with Gasteiger partial charge < -0.3 is 10.1 Å². The molecule has 14 heavy (non-hydrogen) atoms. The summed E-state index contributed by atoms with van der Waals surface area (Å²) in [5, 5.41) is 3.54. The predicted molar refractivity (Wildman–Crippen MR) is 57.5 cm³/mol. The molecule has 0 aromatic heterocycles. The van der Waals surface area contributed by atoms with Crippen molar-refractivity contribution in [2.75, 3.05) is 32.8 Å². The van der Waals surface area contributed by atoms with Crippen molar-refractivity contribution in [3.05, 3.63) is 0 Å². The zero-order chi connectivity index (χ0) is 10.0. The van der Waals surface area contributed by atoms with E-state index in [1.807, 2.05) is 0 Å². The molecule has 0 aromatic carbocycles. The summed E-state index contributed by atoms with van der Waals surface area (Å²) in [7, 11) is 0. The van der Waals surface area contributed by atoms with E-state index in [0.29, 0.717) is 6.04 Å². The van der Waals surface area contributed by atoms with Gasteiger partial charge in [-0.3, -0.25) is 4.90 Å². The van der Waals surface area contributed by atoms with Gasteiger partial charge in [0.05, 0.1) is 6.61 Å². The Labute approximate surface area is 86.8 Å². The summed E-state index contributed by atoms with van der Waals surface area (Å²) in [5.41, 5.74) is 0.274. The summed E-state index contributed by atoms with van der Waals surface area (Å²) < 4.78 is 5.54. The van der Waals surface area contributed by atoms with E-state index in [1.165, 1.54) is 19.4 Å². The third-order valence-electron chi connectivity index (χ3n) is 3.25. The lowest BCUT2D eigenvalue weighted by molar-refractivity contribution is -0.000937. The highest BCUT2D eigenvalue weighted by atomic mass is 16.5. The lowest BCUT2D eigenvalue weighted by Gasteiger charge is -2.44. The Balaban J connectivity index is 1.89. The van der Waals surface area contributed by atoms with Gasteiger partial charge in [-0.15, -0.1) is 0 Å². The van der Waals surface area contributed by atoms with Gasteiger partial charge in [0.2, 0.25) is 0 Å². The highest BCUT2D eigenvalue weighted by molar-refractivity contribution is 4.90. The number of nitrogens with zero attached hydrogens (tertiary/aromatic N) is 1. The van der Waals surface area contributed by atoms with Crippen LogP contribution in [0.5, 0.6) is 0 Å². The average Bonchev–Trinajstić information content (AvgIpc) is 2.18. The van der Waals surface area contributed by atoms with Crippen LogP contribution in [0.25, 0.3) is 0 Å². The Morgan fingerprint density at radius 1 is 1.43 bits per heavy atom. The molecule has 0 aromatic rings. The van der Waals surface area contributed by atoms with Crippen LogP contribution in [0.1, 0.15) is 26.7 Å².